The zero-order valence-corrected chi connectivity index (χ0v) is 13.3. The van der Waals surface area contributed by atoms with Crippen LogP contribution in [0.5, 0.6) is 0 Å². The Morgan fingerprint density at radius 3 is 3.00 bits per heavy atom. The second-order valence-electron chi connectivity index (χ2n) is 5.65. The van der Waals surface area contributed by atoms with Crippen LogP contribution in [0, 0.1) is 5.92 Å². The van der Waals surface area contributed by atoms with Crippen LogP contribution in [0.2, 0.25) is 0 Å². The molecule has 6 nitrogen and oxygen atoms in total. The van der Waals surface area contributed by atoms with Crippen LogP contribution in [-0.4, -0.2) is 39.3 Å². The van der Waals surface area contributed by atoms with E-state index in [1.54, 1.807) is 4.90 Å². The molecule has 22 heavy (non-hydrogen) atoms. The maximum Gasteiger partial charge on any atom is 0.231 e. The number of rotatable bonds is 4. The van der Waals surface area contributed by atoms with Gasteiger partial charge in [-0.2, -0.15) is 0 Å². The largest absolute Gasteiger partial charge is 0.360 e. The molecule has 2 aromatic rings. The zero-order chi connectivity index (χ0) is 15.7. The van der Waals surface area contributed by atoms with E-state index >= 15 is 0 Å². The molecule has 3 rings (SSSR count). The molecule has 7 heteroatoms. The predicted molar refractivity (Wildman–Crippen MR) is 85.5 cm³/mol. The van der Waals surface area contributed by atoms with E-state index in [9.17, 15) is 9.59 Å². The predicted octanol–water partition coefficient (Wildman–Crippen LogP) is 2.33. The molecule has 116 valence electrons. The number of hydrogen-bond donors (Lipinski definition) is 2. The Labute approximate surface area is 132 Å². The molecule has 1 fully saturated rings. The molecule has 0 aliphatic carbocycles. The lowest BCUT2D eigenvalue weighted by atomic mass is 10.1. The molecule has 0 aromatic carbocycles. The second kappa shape index (κ2) is 5.92. The van der Waals surface area contributed by atoms with E-state index in [2.05, 4.69) is 15.3 Å². The smallest absolute Gasteiger partial charge is 0.231 e. The van der Waals surface area contributed by atoms with Crippen molar-refractivity contribution < 1.29 is 9.59 Å². The molecule has 0 spiro atoms. The Hall–Kier alpha value is -2.15. The maximum absolute atomic E-state index is 12.3. The average Bonchev–Trinajstić information content (AvgIpc) is 3.16. The van der Waals surface area contributed by atoms with Gasteiger partial charge in [0.25, 0.3) is 0 Å². The number of nitrogens with zero attached hydrogens (tertiary/aromatic N) is 2. The van der Waals surface area contributed by atoms with Crippen molar-refractivity contribution in [2.24, 2.45) is 5.92 Å². The minimum atomic E-state index is -0.298. The highest BCUT2D eigenvalue weighted by atomic mass is 32.1. The standard InChI is InChI=1S/C15H18N4O2S/c1-9(2)19-7-10(6-13(19)20)14(21)18-15-17-12(8-22-15)11-4-3-5-16-11/h3-5,8-10,16H,6-7H2,1-2H3,(H,17,18,21). The van der Waals surface area contributed by atoms with Crippen molar-refractivity contribution in [1.29, 1.82) is 0 Å². The van der Waals surface area contributed by atoms with Crippen molar-refractivity contribution in [2.75, 3.05) is 11.9 Å². The second-order valence-corrected chi connectivity index (χ2v) is 6.51. The van der Waals surface area contributed by atoms with E-state index in [-0.39, 0.29) is 30.2 Å². The molecule has 2 N–H and O–H groups in total. The van der Waals surface area contributed by atoms with Gasteiger partial charge in [0, 0.05) is 30.6 Å². The van der Waals surface area contributed by atoms with Gasteiger partial charge in [-0.3, -0.25) is 9.59 Å². The summed E-state index contributed by atoms with van der Waals surface area (Å²) in [5.41, 5.74) is 1.72. The Bertz CT molecular complexity index is 678. The molecular weight excluding hydrogens is 300 g/mol. The summed E-state index contributed by atoms with van der Waals surface area (Å²) in [6.07, 6.45) is 2.11. The fourth-order valence-electron chi connectivity index (χ4n) is 2.56. The van der Waals surface area contributed by atoms with Gasteiger partial charge < -0.3 is 15.2 Å². The number of nitrogens with one attached hydrogen (secondary N) is 2. The summed E-state index contributed by atoms with van der Waals surface area (Å²) < 4.78 is 0. The number of aromatic amines is 1. The number of hydrogen-bond acceptors (Lipinski definition) is 4. The highest BCUT2D eigenvalue weighted by Gasteiger charge is 2.35. The van der Waals surface area contributed by atoms with E-state index in [1.807, 2.05) is 37.6 Å². The summed E-state index contributed by atoms with van der Waals surface area (Å²) in [4.78, 5) is 33.4. The van der Waals surface area contributed by atoms with Crippen molar-refractivity contribution in [3.05, 3.63) is 23.7 Å². The van der Waals surface area contributed by atoms with Crippen LogP contribution in [0.15, 0.2) is 23.7 Å². The number of likely N-dealkylation sites (tertiary alicyclic amines) is 1. The molecule has 1 unspecified atom stereocenters. The number of carbonyl (C=O) groups excluding carboxylic acids is 2. The van der Waals surface area contributed by atoms with Crippen LogP contribution >= 0.6 is 11.3 Å². The van der Waals surface area contributed by atoms with Gasteiger partial charge in [0.05, 0.1) is 17.3 Å². The third-order valence-corrected chi connectivity index (χ3v) is 4.52. The molecule has 1 aliphatic heterocycles. The lowest BCUT2D eigenvalue weighted by Crippen LogP contribution is -2.33. The quantitative estimate of drug-likeness (QED) is 0.908. The number of thiazole rings is 1. The Kier molecular flexibility index (Phi) is 3.98. The number of carbonyl (C=O) groups is 2. The van der Waals surface area contributed by atoms with E-state index in [0.717, 1.165) is 11.4 Å². The van der Waals surface area contributed by atoms with E-state index < -0.39 is 0 Å². The fourth-order valence-corrected chi connectivity index (χ4v) is 3.27. The summed E-state index contributed by atoms with van der Waals surface area (Å²) in [7, 11) is 0. The summed E-state index contributed by atoms with van der Waals surface area (Å²) in [5.74, 6) is -0.391. The highest BCUT2D eigenvalue weighted by molar-refractivity contribution is 7.14. The number of amides is 2. The van der Waals surface area contributed by atoms with Gasteiger partial charge in [-0.25, -0.2) is 4.98 Å². The topological polar surface area (TPSA) is 78.1 Å². The SMILES string of the molecule is CC(C)N1CC(C(=O)Nc2nc(-c3ccc[nH]3)cs2)CC1=O. The van der Waals surface area contributed by atoms with Crippen molar-refractivity contribution in [3.8, 4) is 11.4 Å². The minimum Gasteiger partial charge on any atom is -0.360 e. The molecule has 1 atom stereocenters. The maximum atomic E-state index is 12.3. The van der Waals surface area contributed by atoms with Gasteiger partial charge in [-0.1, -0.05) is 0 Å². The minimum absolute atomic E-state index is 0.0429. The third-order valence-electron chi connectivity index (χ3n) is 3.76. The zero-order valence-electron chi connectivity index (χ0n) is 12.5. The van der Waals surface area contributed by atoms with Gasteiger partial charge in [0.2, 0.25) is 11.8 Å². The van der Waals surface area contributed by atoms with E-state index in [0.29, 0.717) is 11.7 Å². The molecule has 3 heterocycles. The average molecular weight is 318 g/mol. The number of aromatic nitrogens is 2. The molecule has 2 aromatic heterocycles. The summed E-state index contributed by atoms with van der Waals surface area (Å²) >= 11 is 1.38. The molecule has 0 saturated carbocycles. The summed E-state index contributed by atoms with van der Waals surface area (Å²) in [6, 6.07) is 3.96. The van der Waals surface area contributed by atoms with Crippen LogP contribution in [-0.2, 0) is 9.59 Å². The van der Waals surface area contributed by atoms with E-state index in [1.165, 1.54) is 11.3 Å². The van der Waals surface area contributed by atoms with E-state index in [4.69, 9.17) is 0 Å². The molecule has 1 saturated heterocycles. The fraction of sp³-hybridized carbons (Fsp3) is 0.400. The van der Waals surface area contributed by atoms with Crippen LogP contribution in [0.4, 0.5) is 5.13 Å². The first-order valence-electron chi connectivity index (χ1n) is 7.24. The molecular formula is C15H18N4O2S. The monoisotopic (exact) mass is 318 g/mol. The Morgan fingerprint density at radius 2 is 2.36 bits per heavy atom. The van der Waals surface area contributed by atoms with Crippen molar-refractivity contribution in [3.63, 3.8) is 0 Å². The van der Waals surface area contributed by atoms with Crippen molar-refractivity contribution >= 4 is 28.3 Å². The number of H-pyrrole nitrogens is 1. The van der Waals surface area contributed by atoms with Gasteiger partial charge >= 0.3 is 0 Å². The molecule has 1 aliphatic rings. The van der Waals surface area contributed by atoms with Crippen LogP contribution in [0.25, 0.3) is 11.4 Å². The van der Waals surface area contributed by atoms with Crippen molar-refractivity contribution in [2.45, 2.75) is 26.3 Å². The van der Waals surface area contributed by atoms with Crippen LogP contribution in [0.3, 0.4) is 0 Å². The lowest BCUT2D eigenvalue weighted by molar-refractivity contribution is -0.129. The highest BCUT2D eigenvalue weighted by Crippen LogP contribution is 2.26. The Morgan fingerprint density at radius 1 is 1.55 bits per heavy atom. The first kappa shape index (κ1) is 14.8. The number of anilines is 1. The molecule has 2 amide bonds. The Balaban J connectivity index is 1.64. The van der Waals surface area contributed by atoms with Gasteiger partial charge in [0.1, 0.15) is 0 Å². The normalized spacial score (nSPS) is 18.2. The van der Waals surface area contributed by atoms with Gasteiger partial charge in [-0.05, 0) is 26.0 Å². The molecule has 0 bridgehead atoms. The van der Waals surface area contributed by atoms with Gasteiger partial charge in [-0.15, -0.1) is 11.3 Å². The summed E-state index contributed by atoms with van der Waals surface area (Å²) in [5, 5.41) is 5.27. The van der Waals surface area contributed by atoms with Crippen molar-refractivity contribution in [1.82, 2.24) is 14.9 Å². The van der Waals surface area contributed by atoms with Gasteiger partial charge in [0.15, 0.2) is 5.13 Å². The van der Waals surface area contributed by atoms with Crippen LogP contribution in [0.1, 0.15) is 20.3 Å². The first-order valence-corrected chi connectivity index (χ1v) is 8.12. The lowest BCUT2D eigenvalue weighted by Gasteiger charge is -2.20. The third kappa shape index (κ3) is 2.89. The first-order chi connectivity index (χ1) is 10.5. The summed E-state index contributed by atoms with van der Waals surface area (Å²) in [6.45, 7) is 4.40. The van der Waals surface area contributed by atoms with Crippen LogP contribution < -0.4 is 5.32 Å². The molecule has 0 radical (unpaired) electrons.